The van der Waals surface area contributed by atoms with Gasteiger partial charge in [0.1, 0.15) is 5.75 Å². The number of halogens is 1. The molecule has 0 aliphatic heterocycles. The first-order valence-corrected chi connectivity index (χ1v) is 5.55. The molecule has 15 heavy (non-hydrogen) atoms. The maximum atomic E-state index is 8.92. The molecule has 0 amide bonds. The third-order valence-electron chi connectivity index (χ3n) is 2.56. The zero-order valence-electron chi connectivity index (χ0n) is 9.39. The van der Waals surface area contributed by atoms with Crippen molar-refractivity contribution in [3.05, 3.63) is 27.2 Å². The van der Waals surface area contributed by atoms with Gasteiger partial charge in [-0.25, -0.2) is 0 Å². The predicted octanol–water partition coefficient (Wildman–Crippen LogP) is 3.70. The highest BCUT2D eigenvalue weighted by molar-refractivity contribution is 9.10. The quantitative estimate of drug-likeness (QED) is 0.819. The summed E-state index contributed by atoms with van der Waals surface area (Å²) >= 11 is 3.51. The zero-order valence-corrected chi connectivity index (χ0v) is 11.0. The molecule has 2 nitrogen and oxygen atoms in total. The average molecular weight is 268 g/mol. The number of nitrogens with zero attached hydrogens (tertiary/aromatic N) is 1. The molecule has 0 aliphatic rings. The number of ether oxygens (including phenoxy) is 1. The summed E-state index contributed by atoms with van der Waals surface area (Å²) in [7, 11) is 1.65. The van der Waals surface area contributed by atoms with Crippen molar-refractivity contribution in [2.75, 3.05) is 7.11 Å². The second kappa shape index (κ2) is 4.67. The first kappa shape index (κ1) is 12.1. The molecule has 1 rings (SSSR count). The summed E-state index contributed by atoms with van der Waals surface area (Å²) in [6, 6.07) is 4.27. The first-order chi connectivity index (χ1) is 7.02. The summed E-state index contributed by atoms with van der Waals surface area (Å²) in [6.45, 7) is 5.88. The van der Waals surface area contributed by atoms with Crippen LogP contribution in [0, 0.1) is 25.2 Å². The molecule has 0 bridgehead atoms. The number of benzene rings is 1. The standard InChI is InChI=1S/C12H14BrNO/c1-7-5-10(8(2)6-14)9(3)11(13)12(7)15-4/h5,8H,1-4H3. The van der Waals surface area contributed by atoms with Crippen LogP contribution in [0.2, 0.25) is 0 Å². The van der Waals surface area contributed by atoms with Crippen LogP contribution in [0.15, 0.2) is 10.5 Å². The van der Waals surface area contributed by atoms with Crippen LogP contribution in [-0.2, 0) is 0 Å². The number of hydrogen-bond donors (Lipinski definition) is 0. The first-order valence-electron chi connectivity index (χ1n) is 4.76. The lowest BCUT2D eigenvalue weighted by Crippen LogP contribution is -1.99. The van der Waals surface area contributed by atoms with E-state index in [1.54, 1.807) is 7.11 Å². The predicted molar refractivity (Wildman–Crippen MR) is 64.2 cm³/mol. The van der Waals surface area contributed by atoms with Crippen molar-refractivity contribution in [2.24, 2.45) is 0 Å². The molecule has 0 spiro atoms. The Labute approximate surface area is 99.0 Å². The molecule has 80 valence electrons. The molecule has 1 aromatic rings. The molecule has 0 heterocycles. The smallest absolute Gasteiger partial charge is 0.136 e. The van der Waals surface area contributed by atoms with Gasteiger partial charge < -0.3 is 4.74 Å². The fourth-order valence-electron chi connectivity index (χ4n) is 1.65. The Morgan fingerprint density at radius 1 is 1.47 bits per heavy atom. The second-order valence-corrected chi connectivity index (χ2v) is 4.40. The monoisotopic (exact) mass is 267 g/mol. The Morgan fingerprint density at radius 3 is 2.53 bits per heavy atom. The van der Waals surface area contributed by atoms with Crippen molar-refractivity contribution in [3.63, 3.8) is 0 Å². The Hall–Kier alpha value is -1.01. The number of nitriles is 1. The van der Waals surface area contributed by atoms with Gasteiger partial charge >= 0.3 is 0 Å². The van der Waals surface area contributed by atoms with E-state index in [0.29, 0.717) is 0 Å². The van der Waals surface area contributed by atoms with Crippen LogP contribution in [0.4, 0.5) is 0 Å². The third kappa shape index (κ3) is 2.15. The molecule has 1 aromatic carbocycles. The van der Waals surface area contributed by atoms with Gasteiger partial charge in [0.15, 0.2) is 0 Å². The lowest BCUT2D eigenvalue weighted by Gasteiger charge is -2.15. The van der Waals surface area contributed by atoms with Crippen molar-refractivity contribution in [2.45, 2.75) is 26.7 Å². The fourth-order valence-corrected chi connectivity index (χ4v) is 2.35. The molecule has 0 saturated heterocycles. The molecule has 0 N–H and O–H groups in total. The van der Waals surface area contributed by atoms with E-state index in [1.807, 2.05) is 26.8 Å². The van der Waals surface area contributed by atoms with Crippen molar-refractivity contribution in [1.82, 2.24) is 0 Å². The normalized spacial score (nSPS) is 12.0. The van der Waals surface area contributed by atoms with E-state index in [1.165, 1.54) is 0 Å². The summed E-state index contributed by atoms with van der Waals surface area (Å²) < 4.78 is 6.24. The average Bonchev–Trinajstić information content (AvgIpc) is 2.23. The second-order valence-electron chi connectivity index (χ2n) is 3.61. The van der Waals surface area contributed by atoms with Gasteiger partial charge in [-0.05, 0) is 53.4 Å². The molecular formula is C12H14BrNO. The molecule has 0 aliphatic carbocycles. The molecule has 1 atom stereocenters. The SMILES string of the molecule is COc1c(C)cc(C(C)C#N)c(C)c1Br. The van der Waals surface area contributed by atoms with Crippen molar-refractivity contribution in [3.8, 4) is 11.8 Å². The lowest BCUT2D eigenvalue weighted by atomic mass is 9.95. The number of aryl methyl sites for hydroxylation is 1. The van der Waals surface area contributed by atoms with Crippen LogP contribution in [0.5, 0.6) is 5.75 Å². The molecule has 0 radical (unpaired) electrons. The van der Waals surface area contributed by atoms with Crippen molar-refractivity contribution < 1.29 is 4.74 Å². The van der Waals surface area contributed by atoms with Gasteiger partial charge in [0.05, 0.1) is 23.6 Å². The van der Waals surface area contributed by atoms with Gasteiger partial charge in [0, 0.05) is 0 Å². The van der Waals surface area contributed by atoms with Crippen LogP contribution in [0.25, 0.3) is 0 Å². The zero-order chi connectivity index (χ0) is 11.6. The van der Waals surface area contributed by atoms with Crippen LogP contribution >= 0.6 is 15.9 Å². The minimum Gasteiger partial charge on any atom is -0.495 e. The van der Waals surface area contributed by atoms with E-state index in [0.717, 1.165) is 26.9 Å². The molecule has 1 unspecified atom stereocenters. The minimum absolute atomic E-state index is 0.0918. The minimum atomic E-state index is -0.0918. The largest absolute Gasteiger partial charge is 0.495 e. The highest BCUT2D eigenvalue weighted by Gasteiger charge is 2.15. The van der Waals surface area contributed by atoms with E-state index in [2.05, 4.69) is 22.0 Å². The molecule has 0 saturated carbocycles. The Bertz CT molecular complexity index is 421. The highest BCUT2D eigenvalue weighted by Crippen LogP contribution is 2.36. The highest BCUT2D eigenvalue weighted by atomic mass is 79.9. The summed E-state index contributed by atoms with van der Waals surface area (Å²) in [5.41, 5.74) is 3.18. The summed E-state index contributed by atoms with van der Waals surface area (Å²) in [6.07, 6.45) is 0. The van der Waals surface area contributed by atoms with Crippen molar-refractivity contribution >= 4 is 15.9 Å². The van der Waals surface area contributed by atoms with Crippen LogP contribution in [0.3, 0.4) is 0 Å². The molecular weight excluding hydrogens is 254 g/mol. The van der Waals surface area contributed by atoms with Crippen molar-refractivity contribution in [1.29, 1.82) is 5.26 Å². The van der Waals surface area contributed by atoms with Crippen LogP contribution < -0.4 is 4.74 Å². The summed E-state index contributed by atoms with van der Waals surface area (Å²) in [5, 5.41) is 8.92. The van der Waals surface area contributed by atoms with Gasteiger partial charge in [-0.1, -0.05) is 6.07 Å². The van der Waals surface area contributed by atoms with Gasteiger partial charge in [0.25, 0.3) is 0 Å². The number of rotatable bonds is 2. The van der Waals surface area contributed by atoms with Gasteiger partial charge in [0.2, 0.25) is 0 Å². The summed E-state index contributed by atoms with van der Waals surface area (Å²) in [5.74, 6) is 0.757. The Kier molecular flexibility index (Phi) is 3.76. The van der Waals surface area contributed by atoms with Gasteiger partial charge in [-0.3, -0.25) is 0 Å². The number of methoxy groups -OCH3 is 1. The van der Waals surface area contributed by atoms with E-state index >= 15 is 0 Å². The van der Waals surface area contributed by atoms with E-state index < -0.39 is 0 Å². The third-order valence-corrected chi connectivity index (χ3v) is 3.51. The van der Waals surface area contributed by atoms with Gasteiger partial charge in [-0.2, -0.15) is 5.26 Å². The van der Waals surface area contributed by atoms with Gasteiger partial charge in [-0.15, -0.1) is 0 Å². The summed E-state index contributed by atoms with van der Waals surface area (Å²) in [4.78, 5) is 0. The Balaban J connectivity index is 3.42. The van der Waals surface area contributed by atoms with E-state index in [-0.39, 0.29) is 5.92 Å². The van der Waals surface area contributed by atoms with E-state index in [4.69, 9.17) is 10.00 Å². The number of hydrogen-bond acceptors (Lipinski definition) is 2. The fraction of sp³-hybridized carbons (Fsp3) is 0.417. The maximum Gasteiger partial charge on any atom is 0.136 e. The molecule has 3 heteroatoms. The lowest BCUT2D eigenvalue weighted by molar-refractivity contribution is 0.408. The maximum absolute atomic E-state index is 8.92. The molecule has 0 aromatic heterocycles. The van der Waals surface area contributed by atoms with Crippen LogP contribution in [-0.4, -0.2) is 7.11 Å². The topological polar surface area (TPSA) is 33.0 Å². The molecule has 0 fully saturated rings. The Morgan fingerprint density at radius 2 is 2.07 bits per heavy atom. The van der Waals surface area contributed by atoms with Crippen LogP contribution in [0.1, 0.15) is 29.5 Å². The van der Waals surface area contributed by atoms with E-state index in [9.17, 15) is 0 Å².